The minimum atomic E-state index is -0.0531. The molecule has 0 amide bonds. The van der Waals surface area contributed by atoms with Crippen LogP contribution in [0.25, 0.3) is 0 Å². The van der Waals surface area contributed by atoms with Gasteiger partial charge in [-0.25, -0.2) is 0 Å². The van der Waals surface area contributed by atoms with E-state index in [1.54, 1.807) is 4.90 Å². The Morgan fingerprint density at radius 2 is 1.69 bits per heavy atom. The van der Waals surface area contributed by atoms with E-state index in [1.807, 2.05) is 0 Å². The van der Waals surface area contributed by atoms with Crippen LogP contribution in [0, 0.1) is 0 Å². The second-order valence-corrected chi connectivity index (χ2v) is 9.52. The van der Waals surface area contributed by atoms with Crippen LogP contribution in [0.2, 0.25) is 0 Å². The SMILES string of the molecule is CC[NH+](CC[C@]1(c2ccccc2)CCOC(C)(C)C1)Cc1ccc(N(C)C)cc1. The van der Waals surface area contributed by atoms with Crippen LogP contribution in [0.5, 0.6) is 0 Å². The zero-order valence-corrected chi connectivity index (χ0v) is 19.0. The molecule has 1 unspecified atom stereocenters. The Hall–Kier alpha value is -1.84. The Bertz CT molecular complexity index is 754. The lowest BCUT2D eigenvalue weighted by Gasteiger charge is -2.45. The zero-order chi connectivity index (χ0) is 20.9. The van der Waals surface area contributed by atoms with Gasteiger partial charge in [0, 0.05) is 43.8 Å². The lowest BCUT2D eigenvalue weighted by Crippen LogP contribution is -3.10. The molecule has 0 saturated carbocycles. The van der Waals surface area contributed by atoms with Crippen LogP contribution < -0.4 is 9.80 Å². The molecule has 0 aromatic heterocycles. The quantitative estimate of drug-likeness (QED) is 0.725. The number of nitrogens with one attached hydrogen (secondary N) is 1. The van der Waals surface area contributed by atoms with E-state index >= 15 is 0 Å². The van der Waals surface area contributed by atoms with Gasteiger partial charge in [-0.1, -0.05) is 42.5 Å². The van der Waals surface area contributed by atoms with Gasteiger partial charge in [-0.15, -0.1) is 0 Å². The first-order valence-corrected chi connectivity index (χ1v) is 11.1. The van der Waals surface area contributed by atoms with Gasteiger partial charge >= 0.3 is 0 Å². The average Bonchev–Trinajstić information content (AvgIpc) is 2.71. The Balaban J connectivity index is 1.72. The van der Waals surface area contributed by atoms with Crippen LogP contribution in [-0.2, 0) is 16.7 Å². The number of hydrogen-bond donors (Lipinski definition) is 1. The van der Waals surface area contributed by atoms with Crippen LogP contribution in [0.4, 0.5) is 5.69 Å². The molecule has 2 aromatic rings. The Kier molecular flexibility index (Phi) is 7.02. The summed E-state index contributed by atoms with van der Waals surface area (Å²) in [5.74, 6) is 0. The van der Waals surface area contributed by atoms with Crippen LogP contribution >= 0.6 is 0 Å². The maximum Gasteiger partial charge on any atom is 0.103 e. The summed E-state index contributed by atoms with van der Waals surface area (Å²) in [6.45, 7) is 11.1. The highest BCUT2D eigenvalue weighted by Gasteiger charge is 2.42. The molecule has 0 aliphatic carbocycles. The molecule has 29 heavy (non-hydrogen) atoms. The minimum absolute atomic E-state index is 0.0531. The van der Waals surface area contributed by atoms with Crippen molar-refractivity contribution in [1.29, 1.82) is 0 Å². The predicted molar refractivity (Wildman–Crippen MR) is 123 cm³/mol. The molecule has 1 heterocycles. The fourth-order valence-electron chi connectivity index (χ4n) is 4.88. The predicted octanol–water partition coefficient (Wildman–Crippen LogP) is 4.07. The van der Waals surface area contributed by atoms with E-state index < -0.39 is 0 Å². The third-order valence-electron chi connectivity index (χ3n) is 6.59. The van der Waals surface area contributed by atoms with Gasteiger partial charge in [-0.05, 0) is 51.3 Å². The smallest absolute Gasteiger partial charge is 0.103 e. The van der Waals surface area contributed by atoms with Gasteiger partial charge in [-0.3, -0.25) is 0 Å². The van der Waals surface area contributed by atoms with E-state index in [-0.39, 0.29) is 11.0 Å². The molecule has 1 aliphatic rings. The monoisotopic (exact) mass is 395 g/mol. The van der Waals surface area contributed by atoms with Crippen molar-refractivity contribution < 1.29 is 9.64 Å². The van der Waals surface area contributed by atoms with Gasteiger partial charge in [0.15, 0.2) is 0 Å². The van der Waals surface area contributed by atoms with E-state index in [0.717, 1.165) is 32.5 Å². The van der Waals surface area contributed by atoms with E-state index in [1.165, 1.54) is 29.8 Å². The largest absolute Gasteiger partial charge is 0.378 e. The first kappa shape index (κ1) is 21.9. The summed E-state index contributed by atoms with van der Waals surface area (Å²) in [7, 11) is 4.19. The van der Waals surface area contributed by atoms with Gasteiger partial charge < -0.3 is 14.5 Å². The minimum Gasteiger partial charge on any atom is -0.378 e. The van der Waals surface area contributed by atoms with Gasteiger partial charge in [0.1, 0.15) is 6.54 Å². The fourth-order valence-corrected chi connectivity index (χ4v) is 4.88. The highest BCUT2D eigenvalue weighted by molar-refractivity contribution is 5.45. The third-order valence-corrected chi connectivity index (χ3v) is 6.59. The molecular formula is C26H39N2O+. The van der Waals surface area contributed by atoms with E-state index in [2.05, 4.69) is 94.4 Å². The number of hydrogen-bond acceptors (Lipinski definition) is 2. The third kappa shape index (κ3) is 5.61. The number of rotatable bonds is 8. The van der Waals surface area contributed by atoms with Crippen molar-refractivity contribution in [2.45, 2.75) is 57.6 Å². The topological polar surface area (TPSA) is 16.9 Å². The molecule has 2 aromatic carbocycles. The number of ether oxygens (including phenoxy) is 1. The number of nitrogens with zero attached hydrogens (tertiary/aromatic N) is 1. The molecule has 3 nitrogen and oxygen atoms in total. The van der Waals surface area contributed by atoms with Gasteiger partial charge in [0.05, 0.1) is 18.7 Å². The van der Waals surface area contributed by atoms with Crippen molar-refractivity contribution in [3.8, 4) is 0 Å². The lowest BCUT2D eigenvalue weighted by atomic mass is 9.67. The molecule has 3 rings (SSSR count). The molecule has 2 atom stereocenters. The highest BCUT2D eigenvalue weighted by atomic mass is 16.5. The Morgan fingerprint density at radius 3 is 2.28 bits per heavy atom. The summed E-state index contributed by atoms with van der Waals surface area (Å²) in [6, 6.07) is 20.2. The number of benzene rings is 2. The summed E-state index contributed by atoms with van der Waals surface area (Å²) in [5.41, 5.74) is 4.34. The normalized spacial score (nSPS) is 22.2. The number of quaternary nitrogens is 1. The summed E-state index contributed by atoms with van der Waals surface area (Å²) in [4.78, 5) is 3.81. The second kappa shape index (κ2) is 9.32. The van der Waals surface area contributed by atoms with Crippen molar-refractivity contribution in [3.05, 3.63) is 65.7 Å². The average molecular weight is 396 g/mol. The van der Waals surface area contributed by atoms with Crippen LogP contribution in [0.1, 0.15) is 51.2 Å². The van der Waals surface area contributed by atoms with E-state index in [0.29, 0.717) is 0 Å². The highest BCUT2D eigenvalue weighted by Crippen LogP contribution is 2.43. The van der Waals surface area contributed by atoms with Crippen molar-refractivity contribution >= 4 is 5.69 Å². The number of anilines is 1. The molecule has 1 saturated heterocycles. The molecule has 158 valence electrons. The molecule has 3 heteroatoms. The van der Waals surface area contributed by atoms with Gasteiger partial charge in [0.25, 0.3) is 0 Å². The summed E-state index contributed by atoms with van der Waals surface area (Å²) in [5, 5.41) is 0. The Morgan fingerprint density at radius 1 is 1.00 bits per heavy atom. The molecule has 0 bridgehead atoms. The maximum atomic E-state index is 6.09. The summed E-state index contributed by atoms with van der Waals surface area (Å²) >= 11 is 0. The maximum absolute atomic E-state index is 6.09. The first-order valence-electron chi connectivity index (χ1n) is 11.1. The van der Waals surface area contributed by atoms with Crippen molar-refractivity contribution in [1.82, 2.24) is 0 Å². The molecule has 1 fully saturated rings. The Labute approximate surface area is 177 Å². The van der Waals surface area contributed by atoms with Crippen LogP contribution in [0.3, 0.4) is 0 Å². The summed E-state index contributed by atoms with van der Waals surface area (Å²) < 4.78 is 6.09. The first-order chi connectivity index (χ1) is 13.8. The van der Waals surface area contributed by atoms with Crippen molar-refractivity contribution in [3.63, 3.8) is 0 Å². The lowest BCUT2D eigenvalue weighted by molar-refractivity contribution is -0.912. The van der Waals surface area contributed by atoms with E-state index in [4.69, 9.17) is 4.74 Å². The second-order valence-electron chi connectivity index (χ2n) is 9.52. The van der Waals surface area contributed by atoms with Crippen LogP contribution in [-0.4, -0.2) is 39.4 Å². The van der Waals surface area contributed by atoms with Gasteiger partial charge in [-0.2, -0.15) is 0 Å². The zero-order valence-electron chi connectivity index (χ0n) is 19.0. The fraction of sp³-hybridized carbons (Fsp3) is 0.538. The molecule has 1 N–H and O–H groups in total. The van der Waals surface area contributed by atoms with Gasteiger partial charge in [0.2, 0.25) is 0 Å². The van der Waals surface area contributed by atoms with Crippen molar-refractivity contribution in [2.75, 3.05) is 38.7 Å². The molecular weight excluding hydrogens is 356 g/mol. The standard InChI is InChI=1S/C26H38N2O/c1-6-28(20-22-12-14-24(15-13-22)27(4)5)18-16-26(23-10-8-7-9-11-23)17-19-29-25(2,3)21-26/h7-15H,6,16-21H2,1-5H3/p+1/t26-/m0/s1. The van der Waals surface area contributed by atoms with E-state index in [9.17, 15) is 0 Å². The molecule has 0 spiro atoms. The van der Waals surface area contributed by atoms with Crippen LogP contribution in [0.15, 0.2) is 54.6 Å². The summed E-state index contributed by atoms with van der Waals surface area (Å²) in [6.07, 6.45) is 3.43. The molecule has 0 radical (unpaired) electrons. The van der Waals surface area contributed by atoms with Crippen molar-refractivity contribution in [2.24, 2.45) is 0 Å². The molecule has 1 aliphatic heterocycles.